The van der Waals surface area contributed by atoms with Crippen LogP contribution >= 0.6 is 23.5 Å². The molecule has 0 spiro atoms. The van der Waals surface area contributed by atoms with Gasteiger partial charge in [0.05, 0.1) is 9.82 Å². The predicted molar refractivity (Wildman–Crippen MR) is 119 cm³/mol. The van der Waals surface area contributed by atoms with Crippen LogP contribution < -0.4 is 0 Å². The fourth-order valence-electron chi connectivity index (χ4n) is 2.74. The van der Waals surface area contributed by atoms with E-state index in [1.807, 2.05) is 30.3 Å². The van der Waals surface area contributed by atoms with Crippen molar-refractivity contribution < 1.29 is 19.2 Å². The highest BCUT2D eigenvalue weighted by Crippen LogP contribution is 2.36. The standard InChI is InChI=1S/C22H14N2O5S2/c25-21(26)20(31-22-23-16-8-4-5-9-18(16)29-22)13-14-10-11-19(17(12-14)24(27)28)30-15-6-2-1-3-7-15/h1-13H,(H,25,26)/b20-13+. The van der Waals surface area contributed by atoms with Gasteiger partial charge in [-0.2, -0.15) is 0 Å². The van der Waals surface area contributed by atoms with Crippen LogP contribution in [0.1, 0.15) is 5.56 Å². The highest BCUT2D eigenvalue weighted by Gasteiger charge is 2.18. The van der Waals surface area contributed by atoms with Gasteiger partial charge in [-0.1, -0.05) is 48.2 Å². The van der Waals surface area contributed by atoms with Gasteiger partial charge in [-0.15, -0.1) is 0 Å². The fraction of sp³-hybridized carbons (Fsp3) is 0. The van der Waals surface area contributed by atoms with E-state index in [4.69, 9.17) is 4.42 Å². The van der Waals surface area contributed by atoms with Gasteiger partial charge in [-0.25, -0.2) is 9.78 Å². The Morgan fingerprint density at radius 1 is 1.06 bits per heavy atom. The number of rotatable bonds is 7. The smallest absolute Gasteiger partial charge is 0.342 e. The molecule has 0 saturated heterocycles. The molecular weight excluding hydrogens is 436 g/mol. The molecule has 0 fully saturated rings. The molecule has 1 N–H and O–H groups in total. The number of benzene rings is 3. The molecule has 0 aliphatic rings. The Morgan fingerprint density at radius 3 is 2.52 bits per heavy atom. The highest BCUT2D eigenvalue weighted by molar-refractivity contribution is 8.03. The maximum atomic E-state index is 11.8. The maximum absolute atomic E-state index is 11.8. The van der Waals surface area contributed by atoms with Crippen LogP contribution in [-0.4, -0.2) is 21.0 Å². The molecule has 0 aliphatic heterocycles. The van der Waals surface area contributed by atoms with Crippen molar-refractivity contribution in [1.29, 1.82) is 0 Å². The van der Waals surface area contributed by atoms with Crippen LogP contribution in [0.15, 0.2) is 97.1 Å². The molecule has 31 heavy (non-hydrogen) atoms. The van der Waals surface area contributed by atoms with Crippen LogP contribution in [0.4, 0.5) is 5.69 Å². The third-order valence-corrected chi connectivity index (χ3v) is 6.07. The van der Waals surface area contributed by atoms with Crippen molar-refractivity contribution >= 4 is 52.4 Å². The molecule has 0 saturated carbocycles. The number of nitro benzene ring substituents is 1. The fourth-order valence-corrected chi connectivity index (χ4v) is 4.41. The van der Waals surface area contributed by atoms with E-state index >= 15 is 0 Å². The van der Waals surface area contributed by atoms with Gasteiger partial charge >= 0.3 is 5.97 Å². The lowest BCUT2D eigenvalue weighted by molar-refractivity contribution is -0.387. The Labute approximate surface area is 185 Å². The minimum absolute atomic E-state index is 0.0654. The minimum atomic E-state index is -1.18. The van der Waals surface area contributed by atoms with Crippen LogP contribution in [0.3, 0.4) is 0 Å². The van der Waals surface area contributed by atoms with Crippen molar-refractivity contribution in [3.05, 3.63) is 93.4 Å². The first kappa shape index (κ1) is 20.7. The normalized spacial score (nSPS) is 11.5. The number of aliphatic carboxylic acids is 1. The molecule has 3 aromatic carbocycles. The lowest BCUT2D eigenvalue weighted by Crippen LogP contribution is -1.97. The second kappa shape index (κ2) is 9.07. The summed E-state index contributed by atoms with van der Waals surface area (Å²) in [4.78, 5) is 28.4. The van der Waals surface area contributed by atoms with Crippen LogP contribution in [0.5, 0.6) is 0 Å². The van der Waals surface area contributed by atoms with Crippen molar-refractivity contribution in [2.45, 2.75) is 15.0 Å². The molecule has 7 nitrogen and oxygen atoms in total. The van der Waals surface area contributed by atoms with E-state index in [1.165, 1.54) is 23.9 Å². The van der Waals surface area contributed by atoms with Gasteiger partial charge in [-0.3, -0.25) is 10.1 Å². The van der Waals surface area contributed by atoms with Gasteiger partial charge in [0.25, 0.3) is 10.9 Å². The minimum Gasteiger partial charge on any atom is -0.477 e. The summed E-state index contributed by atoms with van der Waals surface area (Å²) in [6.07, 6.45) is 1.37. The number of nitrogens with zero attached hydrogens (tertiary/aromatic N) is 2. The predicted octanol–water partition coefficient (Wildman–Crippen LogP) is 6.11. The second-order valence-electron chi connectivity index (χ2n) is 6.26. The van der Waals surface area contributed by atoms with E-state index in [0.717, 1.165) is 16.7 Å². The first-order valence-corrected chi connectivity index (χ1v) is 10.6. The average molecular weight is 450 g/mol. The SMILES string of the molecule is O=C(O)/C(=C\c1ccc(Sc2ccccc2)c([N+](=O)[O-])c1)Sc1nc2ccccc2o1. The number of oxazole rings is 1. The summed E-state index contributed by atoms with van der Waals surface area (Å²) in [6, 6.07) is 21.0. The summed E-state index contributed by atoms with van der Waals surface area (Å²) < 4.78 is 5.57. The molecule has 4 rings (SSSR count). The molecule has 0 bridgehead atoms. The van der Waals surface area contributed by atoms with E-state index in [9.17, 15) is 20.0 Å². The van der Waals surface area contributed by atoms with Crippen LogP contribution in [0, 0.1) is 10.1 Å². The van der Waals surface area contributed by atoms with Gasteiger partial charge in [0.15, 0.2) is 5.58 Å². The molecule has 0 aliphatic carbocycles. The van der Waals surface area contributed by atoms with E-state index in [1.54, 1.807) is 36.4 Å². The van der Waals surface area contributed by atoms with Crippen molar-refractivity contribution in [3.8, 4) is 0 Å². The number of para-hydroxylation sites is 2. The zero-order chi connectivity index (χ0) is 21.8. The zero-order valence-corrected chi connectivity index (χ0v) is 17.4. The highest BCUT2D eigenvalue weighted by atomic mass is 32.2. The van der Waals surface area contributed by atoms with Gasteiger partial charge in [0, 0.05) is 11.0 Å². The first-order chi connectivity index (χ1) is 15.0. The summed E-state index contributed by atoms with van der Waals surface area (Å²) in [5, 5.41) is 21.4. The van der Waals surface area contributed by atoms with Crippen LogP contribution in [-0.2, 0) is 4.79 Å². The molecule has 154 valence electrons. The molecule has 1 heterocycles. The number of nitro groups is 1. The zero-order valence-electron chi connectivity index (χ0n) is 15.8. The summed E-state index contributed by atoms with van der Waals surface area (Å²) in [6.45, 7) is 0. The lowest BCUT2D eigenvalue weighted by atomic mass is 10.2. The van der Waals surface area contributed by atoms with Crippen molar-refractivity contribution in [1.82, 2.24) is 4.98 Å². The maximum Gasteiger partial charge on any atom is 0.342 e. The van der Waals surface area contributed by atoms with Gasteiger partial charge in [-0.05, 0) is 53.7 Å². The molecule has 0 atom stereocenters. The Balaban J connectivity index is 1.64. The van der Waals surface area contributed by atoms with Crippen LogP contribution in [0.2, 0.25) is 0 Å². The third kappa shape index (κ3) is 4.96. The quantitative estimate of drug-likeness (QED) is 0.156. The van der Waals surface area contributed by atoms with Crippen molar-refractivity contribution in [2.24, 2.45) is 0 Å². The molecule has 4 aromatic rings. The molecule has 0 amide bonds. The number of aromatic nitrogens is 1. The van der Waals surface area contributed by atoms with Crippen molar-refractivity contribution in [2.75, 3.05) is 0 Å². The Hall–Kier alpha value is -3.56. The number of fused-ring (bicyclic) bond motifs is 1. The number of carbonyl (C=O) groups is 1. The lowest BCUT2D eigenvalue weighted by Gasteiger charge is -2.05. The number of carboxylic acid groups (broad SMARTS) is 1. The monoisotopic (exact) mass is 450 g/mol. The topological polar surface area (TPSA) is 106 Å². The summed E-state index contributed by atoms with van der Waals surface area (Å²) in [5.41, 5.74) is 1.46. The summed E-state index contributed by atoms with van der Waals surface area (Å²) in [5.74, 6) is -1.18. The Kier molecular flexibility index (Phi) is 6.06. The largest absolute Gasteiger partial charge is 0.477 e. The van der Waals surface area contributed by atoms with Crippen LogP contribution in [0.25, 0.3) is 17.2 Å². The number of carboxylic acids is 1. The third-order valence-electron chi connectivity index (χ3n) is 4.13. The first-order valence-electron chi connectivity index (χ1n) is 8.99. The van der Waals surface area contributed by atoms with Crippen molar-refractivity contribution in [3.63, 3.8) is 0 Å². The van der Waals surface area contributed by atoms with Gasteiger partial charge in [0.1, 0.15) is 10.4 Å². The number of hydrogen-bond donors (Lipinski definition) is 1. The molecule has 0 radical (unpaired) electrons. The number of hydrogen-bond acceptors (Lipinski definition) is 7. The van der Waals surface area contributed by atoms with E-state index in [2.05, 4.69) is 4.98 Å². The van der Waals surface area contributed by atoms with E-state index < -0.39 is 10.9 Å². The molecule has 0 unspecified atom stereocenters. The van der Waals surface area contributed by atoms with E-state index in [-0.39, 0.29) is 15.8 Å². The Morgan fingerprint density at radius 2 is 1.81 bits per heavy atom. The molecule has 9 heteroatoms. The summed E-state index contributed by atoms with van der Waals surface area (Å²) in [7, 11) is 0. The van der Waals surface area contributed by atoms with Gasteiger partial charge < -0.3 is 9.52 Å². The number of thioether (sulfide) groups is 1. The molecular formula is C22H14N2O5S2. The molecule has 1 aromatic heterocycles. The second-order valence-corrected chi connectivity index (χ2v) is 8.37. The Bertz CT molecular complexity index is 1270. The van der Waals surface area contributed by atoms with E-state index in [0.29, 0.717) is 21.6 Å². The average Bonchev–Trinajstić information content (AvgIpc) is 3.17. The summed E-state index contributed by atoms with van der Waals surface area (Å²) >= 11 is 2.12. The van der Waals surface area contributed by atoms with Gasteiger partial charge in [0.2, 0.25) is 0 Å².